The van der Waals surface area contributed by atoms with Crippen LogP contribution in [0.3, 0.4) is 0 Å². The molecule has 0 saturated carbocycles. The van der Waals surface area contributed by atoms with Crippen LogP contribution < -0.4 is 10.0 Å². The summed E-state index contributed by atoms with van der Waals surface area (Å²) in [6, 6.07) is 13.2. The highest BCUT2D eigenvalue weighted by atomic mass is 32.2. The molecule has 0 radical (unpaired) electrons. The minimum Gasteiger partial charge on any atom is -0.326 e. The molecule has 0 aliphatic heterocycles. The van der Waals surface area contributed by atoms with Gasteiger partial charge in [-0.3, -0.25) is 9.52 Å². The Labute approximate surface area is 168 Å². The van der Waals surface area contributed by atoms with Crippen molar-refractivity contribution in [1.82, 2.24) is 4.98 Å². The first-order valence-electron chi connectivity index (χ1n) is 8.71. The van der Waals surface area contributed by atoms with Crippen molar-refractivity contribution in [2.75, 3.05) is 10.0 Å². The van der Waals surface area contributed by atoms with Gasteiger partial charge < -0.3 is 5.32 Å². The molecule has 0 spiro atoms. The second-order valence-electron chi connectivity index (χ2n) is 6.57. The summed E-state index contributed by atoms with van der Waals surface area (Å²) in [5.41, 5.74) is 2.46. The highest BCUT2D eigenvalue weighted by Crippen LogP contribution is 2.30. The molecule has 0 aliphatic carbocycles. The molecule has 2 aromatic carbocycles. The normalized spacial score (nSPS) is 11.4. The van der Waals surface area contributed by atoms with E-state index in [0.29, 0.717) is 11.4 Å². The van der Waals surface area contributed by atoms with Gasteiger partial charge in [0.1, 0.15) is 0 Å². The van der Waals surface area contributed by atoms with E-state index in [1.807, 2.05) is 24.4 Å². The molecule has 3 aromatic rings. The summed E-state index contributed by atoms with van der Waals surface area (Å²) >= 11 is 1.51. The lowest BCUT2D eigenvalue weighted by molar-refractivity contribution is -0.118. The van der Waals surface area contributed by atoms with Crippen molar-refractivity contribution in [3.8, 4) is 11.3 Å². The van der Waals surface area contributed by atoms with Gasteiger partial charge in [0.15, 0.2) is 0 Å². The van der Waals surface area contributed by atoms with Gasteiger partial charge in [-0.15, -0.1) is 11.3 Å². The number of benzene rings is 2. The van der Waals surface area contributed by atoms with E-state index in [1.54, 1.807) is 38.1 Å². The van der Waals surface area contributed by atoms with Gasteiger partial charge in [0.25, 0.3) is 10.0 Å². The Bertz CT molecular complexity index is 1090. The number of hydrogen-bond acceptors (Lipinski definition) is 5. The predicted octanol–water partition coefficient (Wildman–Crippen LogP) is 4.51. The molecule has 0 bridgehead atoms. The Hall–Kier alpha value is -2.71. The number of aryl methyl sites for hydroxylation is 1. The molecule has 1 amide bonds. The number of carbonyl (C=O) groups excluding carboxylic acids is 1. The van der Waals surface area contributed by atoms with Crippen LogP contribution in [0.2, 0.25) is 0 Å². The lowest BCUT2D eigenvalue weighted by Gasteiger charge is -2.12. The molecule has 146 valence electrons. The van der Waals surface area contributed by atoms with E-state index in [0.717, 1.165) is 16.3 Å². The van der Waals surface area contributed by atoms with E-state index >= 15 is 0 Å². The third kappa shape index (κ3) is 4.58. The van der Waals surface area contributed by atoms with Crippen LogP contribution in [0.15, 0.2) is 58.8 Å². The molecule has 2 N–H and O–H groups in total. The SMILES string of the molecule is Cc1nc(-c2ccccc2NS(=O)(=O)c2ccc(NC(=O)C(C)C)cc2)cs1. The second-order valence-corrected chi connectivity index (χ2v) is 9.32. The first-order chi connectivity index (χ1) is 13.3. The lowest BCUT2D eigenvalue weighted by atomic mass is 10.1. The average molecular weight is 416 g/mol. The van der Waals surface area contributed by atoms with Crippen molar-refractivity contribution >= 4 is 38.6 Å². The zero-order valence-corrected chi connectivity index (χ0v) is 17.4. The van der Waals surface area contributed by atoms with E-state index in [2.05, 4.69) is 15.0 Å². The maximum absolute atomic E-state index is 12.8. The van der Waals surface area contributed by atoms with Gasteiger partial charge in [0, 0.05) is 22.5 Å². The van der Waals surface area contributed by atoms with E-state index in [-0.39, 0.29) is 16.7 Å². The fourth-order valence-corrected chi connectivity index (χ4v) is 4.18. The summed E-state index contributed by atoms with van der Waals surface area (Å²) in [6.45, 7) is 5.49. The number of nitrogens with one attached hydrogen (secondary N) is 2. The van der Waals surface area contributed by atoms with Gasteiger partial charge in [0.2, 0.25) is 5.91 Å². The zero-order valence-electron chi connectivity index (χ0n) is 15.8. The monoisotopic (exact) mass is 415 g/mol. The number of rotatable bonds is 6. The molecule has 0 fully saturated rings. The molecule has 3 rings (SSSR count). The molecule has 8 heteroatoms. The maximum Gasteiger partial charge on any atom is 0.261 e. The Kier molecular flexibility index (Phi) is 5.81. The molecular weight excluding hydrogens is 394 g/mol. The molecule has 0 unspecified atom stereocenters. The molecule has 0 aliphatic rings. The van der Waals surface area contributed by atoms with Crippen LogP contribution in [0.4, 0.5) is 11.4 Å². The number of sulfonamides is 1. The van der Waals surface area contributed by atoms with Crippen LogP contribution in [-0.4, -0.2) is 19.3 Å². The third-order valence-electron chi connectivity index (χ3n) is 4.02. The Morgan fingerprint density at radius 1 is 1.07 bits per heavy atom. The van der Waals surface area contributed by atoms with E-state index in [4.69, 9.17) is 0 Å². The molecule has 6 nitrogen and oxygen atoms in total. The Balaban J connectivity index is 1.84. The van der Waals surface area contributed by atoms with Crippen LogP contribution in [0.5, 0.6) is 0 Å². The first-order valence-corrected chi connectivity index (χ1v) is 11.1. The highest BCUT2D eigenvalue weighted by Gasteiger charge is 2.17. The Morgan fingerprint density at radius 3 is 2.36 bits per heavy atom. The molecule has 0 atom stereocenters. The molecule has 1 heterocycles. The zero-order chi connectivity index (χ0) is 20.3. The quantitative estimate of drug-likeness (QED) is 0.620. The van der Waals surface area contributed by atoms with Crippen molar-refractivity contribution in [2.24, 2.45) is 5.92 Å². The van der Waals surface area contributed by atoms with Gasteiger partial charge in [-0.25, -0.2) is 13.4 Å². The summed E-state index contributed by atoms with van der Waals surface area (Å²) in [5.74, 6) is -0.280. The summed E-state index contributed by atoms with van der Waals surface area (Å²) in [5, 5.41) is 5.55. The molecule has 0 saturated heterocycles. The first kappa shape index (κ1) is 20.0. The summed E-state index contributed by atoms with van der Waals surface area (Å²) in [7, 11) is -3.79. The standard InChI is InChI=1S/C20H21N3O3S2/c1-13(2)20(24)22-15-8-10-16(11-9-15)28(25,26)23-18-7-5-4-6-17(18)19-12-27-14(3)21-19/h4-13,23H,1-3H3,(H,22,24). The number of thiazole rings is 1. The van der Waals surface area contributed by atoms with E-state index < -0.39 is 10.0 Å². The van der Waals surface area contributed by atoms with Crippen LogP contribution >= 0.6 is 11.3 Å². The van der Waals surface area contributed by atoms with Gasteiger partial charge in [-0.2, -0.15) is 0 Å². The van der Waals surface area contributed by atoms with Gasteiger partial charge >= 0.3 is 0 Å². The molecule has 1 aromatic heterocycles. The average Bonchev–Trinajstić information content (AvgIpc) is 3.08. The fourth-order valence-electron chi connectivity index (χ4n) is 2.49. The summed E-state index contributed by atoms with van der Waals surface area (Å²) in [6.07, 6.45) is 0. The molecular formula is C20H21N3O3S2. The highest BCUT2D eigenvalue weighted by molar-refractivity contribution is 7.92. The van der Waals surface area contributed by atoms with Gasteiger partial charge in [-0.05, 0) is 37.3 Å². The minimum absolute atomic E-state index is 0.110. The van der Waals surface area contributed by atoms with Crippen molar-refractivity contribution < 1.29 is 13.2 Å². The fraction of sp³-hybridized carbons (Fsp3) is 0.200. The molecule has 28 heavy (non-hydrogen) atoms. The number of aromatic nitrogens is 1. The number of anilines is 2. The van der Waals surface area contributed by atoms with Crippen LogP contribution in [-0.2, 0) is 14.8 Å². The van der Waals surface area contributed by atoms with Crippen molar-refractivity contribution in [1.29, 1.82) is 0 Å². The topological polar surface area (TPSA) is 88.2 Å². The number of para-hydroxylation sites is 1. The smallest absolute Gasteiger partial charge is 0.261 e. The summed E-state index contributed by atoms with van der Waals surface area (Å²) < 4.78 is 28.3. The number of nitrogens with zero attached hydrogens (tertiary/aromatic N) is 1. The van der Waals surface area contributed by atoms with Gasteiger partial charge in [-0.1, -0.05) is 32.0 Å². The van der Waals surface area contributed by atoms with E-state index in [1.165, 1.54) is 23.5 Å². The number of carbonyl (C=O) groups is 1. The maximum atomic E-state index is 12.8. The van der Waals surface area contributed by atoms with Gasteiger partial charge in [0.05, 0.1) is 21.3 Å². The third-order valence-corrected chi connectivity index (χ3v) is 6.18. The van der Waals surface area contributed by atoms with Crippen LogP contribution in [0.1, 0.15) is 18.9 Å². The van der Waals surface area contributed by atoms with Crippen LogP contribution in [0, 0.1) is 12.8 Å². The lowest BCUT2D eigenvalue weighted by Crippen LogP contribution is -2.18. The van der Waals surface area contributed by atoms with Crippen LogP contribution in [0.25, 0.3) is 11.3 Å². The number of amides is 1. The number of hydrogen-bond donors (Lipinski definition) is 2. The minimum atomic E-state index is -3.79. The second kappa shape index (κ2) is 8.12. The summed E-state index contributed by atoms with van der Waals surface area (Å²) in [4.78, 5) is 16.3. The Morgan fingerprint density at radius 2 is 1.75 bits per heavy atom. The largest absolute Gasteiger partial charge is 0.326 e. The van der Waals surface area contributed by atoms with Crippen molar-refractivity contribution in [3.63, 3.8) is 0 Å². The predicted molar refractivity (Wildman–Crippen MR) is 113 cm³/mol. The van der Waals surface area contributed by atoms with Crippen molar-refractivity contribution in [2.45, 2.75) is 25.7 Å². The van der Waals surface area contributed by atoms with Crippen molar-refractivity contribution in [3.05, 3.63) is 58.9 Å². The van der Waals surface area contributed by atoms with E-state index in [9.17, 15) is 13.2 Å².